The largest absolute Gasteiger partial charge is 0.300 e. The topological polar surface area (TPSA) is 50.8 Å². The maximum atomic E-state index is 10.7. The highest BCUT2D eigenvalue weighted by Gasteiger charge is 2.16. The van der Waals surface area contributed by atoms with Crippen molar-refractivity contribution in [3.05, 3.63) is 0 Å². The van der Waals surface area contributed by atoms with Crippen LogP contribution in [0.1, 0.15) is 12.8 Å². The predicted octanol–water partition coefficient (Wildman–Crippen LogP) is -0.351. The number of Topliss-reactive ketones (excluding diaryl/α,β-unsaturated/α-hetero) is 1. The second kappa shape index (κ2) is 4.40. The van der Waals surface area contributed by atoms with E-state index in [0.717, 1.165) is 0 Å². The van der Waals surface area contributed by atoms with E-state index in [4.69, 9.17) is 4.94 Å². The lowest BCUT2D eigenvalue weighted by Crippen LogP contribution is -2.37. The van der Waals surface area contributed by atoms with Crippen molar-refractivity contribution in [2.75, 3.05) is 20.2 Å². The molecule has 0 bridgehead atoms. The Kier molecular flexibility index (Phi) is 3.44. The maximum Gasteiger partial charge on any atom is 0.135 e. The molecule has 1 saturated heterocycles. The van der Waals surface area contributed by atoms with Crippen LogP contribution in [0.2, 0.25) is 0 Å². The van der Waals surface area contributed by atoms with Crippen LogP contribution in [0.25, 0.3) is 0 Å². The van der Waals surface area contributed by atoms with Crippen LogP contribution in [0.4, 0.5) is 0 Å². The third-order valence-electron chi connectivity index (χ3n) is 1.53. The van der Waals surface area contributed by atoms with Crippen LogP contribution in [0, 0.1) is 0 Å². The van der Waals surface area contributed by atoms with Gasteiger partial charge in [-0.2, -0.15) is 10.0 Å². The van der Waals surface area contributed by atoms with Crippen LogP contribution < -0.4 is 5.64 Å². The highest BCUT2D eigenvalue weighted by Crippen LogP contribution is 2.04. The van der Waals surface area contributed by atoms with Crippen molar-refractivity contribution in [3.63, 3.8) is 0 Å². The zero-order valence-electron chi connectivity index (χ0n) is 6.50. The van der Waals surface area contributed by atoms with Crippen molar-refractivity contribution in [2.45, 2.75) is 12.8 Å². The van der Waals surface area contributed by atoms with Crippen molar-refractivity contribution in [1.29, 1.82) is 0 Å². The number of rotatable bonds is 3. The first kappa shape index (κ1) is 8.61. The molecule has 1 fully saturated rings. The number of carbonyl (C=O) groups excluding carboxylic acids is 1. The number of hydrogen-bond donors (Lipinski definition) is 1. The molecule has 0 radical (unpaired) electrons. The number of carbonyl (C=O) groups is 1. The third-order valence-corrected chi connectivity index (χ3v) is 1.53. The molecule has 0 unspecified atom stereocenters. The molecule has 0 aromatic carbocycles. The molecule has 0 aromatic heterocycles. The molecular formula is C6H12N2O3. The van der Waals surface area contributed by atoms with Gasteiger partial charge in [-0.3, -0.25) is 9.63 Å². The van der Waals surface area contributed by atoms with E-state index >= 15 is 0 Å². The number of nitrogens with zero attached hydrogens (tertiary/aromatic N) is 1. The lowest BCUT2D eigenvalue weighted by molar-refractivity contribution is -0.298. The van der Waals surface area contributed by atoms with Gasteiger partial charge < -0.3 is 0 Å². The number of nitrogens with one attached hydrogen (secondary N) is 1. The Labute approximate surface area is 65.1 Å². The summed E-state index contributed by atoms with van der Waals surface area (Å²) in [5.41, 5.74) is 2.25. The summed E-state index contributed by atoms with van der Waals surface area (Å²) in [7, 11) is 1.47. The molecule has 0 atom stereocenters. The molecule has 0 saturated carbocycles. The van der Waals surface area contributed by atoms with Gasteiger partial charge in [0.05, 0.1) is 7.11 Å². The van der Waals surface area contributed by atoms with Gasteiger partial charge in [0.15, 0.2) is 0 Å². The van der Waals surface area contributed by atoms with E-state index in [1.165, 1.54) is 7.11 Å². The second-order valence-electron chi connectivity index (χ2n) is 2.35. The minimum absolute atomic E-state index is 0.294. The second-order valence-corrected chi connectivity index (χ2v) is 2.35. The summed E-state index contributed by atoms with van der Waals surface area (Å²) in [4.78, 5) is 20.1. The molecule has 11 heavy (non-hydrogen) atoms. The standard InChI is InChI=1S/C6H12N2O3/c1-10-7-11-8-4-2-6(9)3-5-8/h7H,2-5H2,1H3. The van der Waals surface area contributed by atoms with E-state index in [0.29, 0.717) is 31.7 Å². The average molecular weight is 160 g/mol. The van der Waals surface area contributed by atoms with Crippen LogP contribution in [-0.4, -0.2) is 31.0 Å². The normalized spacial score (nSPS) is 20.6. The van der Waals surface area contributed by atoms with Crippen molar-refractivity contribution < 1.29 is 14.6 Å². The zero-order chi connectivity index (χ0) is 8.10. The van der Waals surface area contributed by atoms with Gasteiger partial charge in [-0.15, -0.1) is 0 Å². The molecular weight excluding hydrogens is 148 g/mol. The molecule has 1 aliphatic rings. The Morgan fingerprint density at radius 2 is 2.09 bits per heavy atom. The fourth-order valence-electron chi connectivity index (χ4n) is 0.917. The van der Waals surface area contributed by atoms with Gasteiger partial charge in [-0.05, 0) is 0 Å². The SMILES string of the molecule is CONON1CCC(=O)CC1. The van der Waals surface area contributed by atoms with Crippen LogP contribution in [0.3, 0.4) is 0 Å². The molecule has 5 nitrogen and oxygen atoms in total. The molecule has 0 amide bonds. The molecule has 64 valence electrons. The molecule has 5 heteroatoms. The van der Waals surface area contributed by atoms with E-state index in [-0.39, 0.29) is 0 Å². The molecule has 0 aliphatic carbocycles. The zero-order valence-corrected chi connectivity index (χ0v) is 6.50. The van der Waals surface area contributed by atoms with Crippen LogP contribution in [0.5, 0.6) is 0 Å². The fourth-order valence-corrected chi connectivity index (χ4v) is 0.917. The van der Waals surface area contributed by atoms with E-state index in [2.05, 4.69) is 10.5 Å². The van der Waals surface area contributed by atoms with E-state index in [1.54, 1.807) is 5.06 Å². The van der Waals surface area contributed by atoms with Crippen molar-refractivity contribution in [2.24, 2.45) is 0 Å². The smallest absolute Gasteiger partial charge is 0.135 e. The summed E-state index contributed by atoms with van der Waals surface area (Å²) in [5, 5.41) is 1.66. The summed E-state index contributed by atoms with van der Waals surface area (Å²) in [6, 6.07) is 0. The molecule has 0 aromatic rings. The number of ketones is 1. The van der Waals surface area contributed by atoms with Crippen LogP contribution >= 0.6 is 0 Å². The first-order valence-electron chi connectivity index (χ1n) is 3.54. The third kappa shape index (κ3) is 2.94. The van der Waals surface area contributed by atoms with Gasteiger partial charge in [0.25, 0.3) is 0 Å². The monoisotopic (exact) mass is 160 g/mol. The van der Waals surface area contributed by atoms with Gasteiger partial charge in [0.2, 0.25) is 0 Å². The quantitative estimate of drug-likeness (QED) is 0.572. The summed E-state index contributed by atoms with van der Waals surface area (Å²) in [5.74, 6) is 0.294. The van der Waals surface area contributed by atoms with E-state index < -0.39 is 0 Å². The molecule has 1 aliphatic heterocycles. The minimum atomic E-state index is 0.294. The van der Waals surface area contributed by atoms with Gasteiger partial charge >= 0.3 is 0 Å². The first-order valence-corrected chi connectivity index (χ1v) is 3.54. The van der Waals surface area contributed by atoms with Gasteiger partial charge in [0, 0.05) is 25.9 Å². The Bertz CT molecular complexity index is 130. The van der Waals surface area contributed by atoms with Crippen LogP contribution in [-0.2, 0) is 14.6 Å². The lowest BCUT2D eigenvalue weighted by Gasteiger charge is -2.23. The highest BCUT2D eigenvalue weighted by atomic mass is 17.0. The lowest BCUT2D eigenvalue weighted by atomic mass is 10.1. The van der Waals surface area contributed by atoms with Crippen LogP contribution in [0.15, 0.2) is 0 Å². The minimum Gasteiger partial charge on any atom is -0.300 e. The Balaban J connectivity index is 2.12. The highest BCUT2D eigenvalue weighted by molar-refractivity contribution is 5.79. The molecule has 1 heterocycles. The van der Waals surface area contributed by atoms with E-state index in [9.17, 15) is 4.79 Å². The number of piperidine rings is 1. The molecule has 1 N–H and O–H groups in total. The summed E-state index contributed by atoms with van der Waals surface area (Å²) >= 11 is 0. The van der Waals surface area contributed by atoms with Crippen molar-refractivity contribution >= 4 is 5.78 Å². The van der Waals surface area contributed by atoms with E-state index in [1.807, 2.05) is 0 Å². The average Bonchev–Trinajstić information content (AvgIpc) is 2.04. The predicted molar refractivity (Wildman–Crippen MR) is 37.0 cm³/mol. The summed E-state index contributed by atoms with van der Waals surface area (Å²) in [6.07, 6.45) is 1.12. The Morgan fingerprint density at radius 3 is 2.64 bits per heavy atom. The number of hydrogen-bond acceptors (Lipinski definition) is 5. The first-order chi connectivity index (χ1) is 5.33. The molecule has 0 spiro atoms. The Morgan fingerprint density at radius 1 is 1.45 bits per heavy atom. The fraction of sp³-hybridized carbons (Fsp3) is 0.833. The van der Waals surface area contributed by atoms with Crippen molar-refractivity contribution in [3.8, 4) is 0 Å². The van der Waals surface area contributed by atoms with Gasteiger partial charge in [-0.25, -0.2) is 0 Å². The maximum absolute atomic E-state index is 10.7. The Hall–Kier alpha value is -0.490. The summed E-state index contributed by atoms with van der Waals surface area (Å²) < 4.78 is 0. The van der Waals surface area contributed by atoms with Gasteiger partial charge in [0.1, 0.15) is 5.78 Å². The summed E-state index contributed by atoms with van der Waals surface area (Å²) in [6.45, 7) is 1.27. The number of hydroxylamine groups is 2. The molecule has 1 rings (SSSR count). The van der Waals surface area contributed by atoms with Gasteiger partial charge in [-0.1, -0.05) is 5.64 Å². The van der Waals surface area contributed by atoms with Crippen molar-refractivity contribution in [1.82, 2.24) is 10.7 Å².